The molecule has 0 atom stereocenters. The van der Waals surface area contributed by atoms with E-state index in [2.05, 4.69) is 20.9 Å². The summed E-state index contributed by atoms with van der Waals surface area (Å²) in [5.74, 6) is 0. The van der Waals surface area contributed by atoms with Crippen LogP contribution in [0.3, 0.4) is 0 Å². The van der Waals surface area contributed by atoms with Gasteiger partial charge in [-0.15, -0.1) is 11.3 Å². The highest BCUT2D eigenvalue weighted by Crippen LogP contribution is 2.25. The molecule has 8 heteroatoms. The van der Waals surface area contributed by atoms with Crippen LogP contribution >= 0.6 is 38.9 Å². The molecule has 19 heavy (non-hydrogen) atoms. The van der Waals surface area contributed by atoms with Crippen molar-refractivity contribution in [2.75, 3.05) is 7.05 Å². The summed E-state index contributed by atoms with van der Waals surface area (Å²) in [5, 5.41) is 1.90. The van der Waals surface area contributed by atoms with Gasteiger partial charge in [-0.3, -0.25) is 0 Å². The van der Waals surface area contributed by atoms with Gasteiger partial charge in [-0.25, -0.2) is 13.4 Å². The van der Waals surface area contributed by atoms with Crippen LogP contribution in [-0.2, 0) is 16.6 Å². The molecule has 2 aromatic rings. The van der Waals surface area contributed by atoms with Crippen LogP contribution in [0.4, 0.5) is 0 Å². The van der Waals surface area contributed by atoms with E-state index in [0.717, 1.165) is 9.35 Å². The lowest BCUT2D eigenvalue weighted by atomic mass is 10.5. The van der Waals surface area contributed by atoms with Gasteiger partial charge < -0.3 is 0 Å². The second-order valence-electron chi connectivity index (χ2n) is 3.78. The summed E-state index contributed by atoms with van der Waals surface area (Å²) in [6, 6.07) is 4.89. The van der Waals surface area contributed by atoms with Crippen LogP contribution < -0.4 is 0 Å². The van der Waals surface area contributed by atoms with Gasteiger partial charge >= 0.3 is 0 Å². The van der Waals surface area contributed by atoms with Gasteiger partial charge in [0.15, 0.2) is 0 Å². The van der Waals surface area contributed by atoms with E-state index in [0.29, 0.717) is 6.54 Å². The smallest absolute Gasteiger partial charge is 0.243 e. The largest absolute Gasteiger partial charge is 0.246 e. The van der Waals surface area contributed by atoms with Crippen LogP contribution in [0, 0.1) is 0 Å². The molecule has 102 valence electrons. The van der Waals surface area contributed by atoms with Crippen molar-refractivity contribution in [2.45, 2.75) is 11.4 Å². The Balaban J connectivity index is 2.27. The number of rotatable bonds is 4. The molecule has 2 heterocycles. The minimum atomic E-state index is -3.63. The second-order valence-corrected chi connectivity index (χ2v) is 8.07. The summed E-state index contributed by atoms with van der Waals surface area (Å²) in [7, 11) is -2.11. The molecule has 0 radical (unpaired) electrons. The van der Waals surface area contributed by atoms with Crippen molar-refractivity contribution in [3.63, 3.8) is 0 Å². The predicted octanol–water partition coefficient (Wildman–Crippen LogP) is 3.38. The zero-order chi connectivity index (χ0) is 14.0. The molecule has 0 bridgehead atoms. The van der Waals surface area contributed by atoms with Crippen LogP contribution in [0.5, 0.6) is 0 Å². The Morgan fingerprint density at radius 2 is 2.26 bits per heavy atom. The summed E-state index contributed by atoms with van der Waals surface area (Å²) in [6.07, 6.45) is 1.46. The quantitative estimate of drug-likeness (QED) is 0.763. The average Bonchev–Trinajstić information content (AvgIpc) is 2.75. The van der Waals surface area contributed by atoms with E-state index in [9.17, 15) is 8.42 Å². The SMILES string of the molecule is CN(Cc1cc(Br)cs1)S(=O)(=O)c1cccnc1Cl. The van der Waals surface area contributed by atoms with Crippen LogP contribution in [0.25, 0.3) is 0 Å². The molecule has 0 N–H and O–H groups in total. The van der Waals surface area contributed by atoms with Crippen molar-refractivity contribution >= 4 is 48.9 Å². The van der Waals surface area contributed by atoms with Gasteiger partial charge in [0.25, 0.3) is 0 Å². The third-order valence-electron chi connectivity index (χ3n) is 2.41. The highest BCUT2D eigenvalue weighted by Gasteiger charge is 2.24. The summed E-state index contributed by atoms with van der Waals surface area (Å²) < 4.78 is 26.9. The minimum absolute atomic E-state index is 0.0123. The lowest BCUT2D eigenvalue weighted by Gasteiger charge is -2.16. The van der Waals surface area contributed by atoms with Crippen molar-refractivity contribution in [1.82, 2.24) is 9.29 Å². The molecule has 0 unspecified atom stereocenters. The highest BCUT2D eigenvalue weighted by molar-refractivity contribution is 9.10. The Morgan fingerprint density at radius 1 is 1.53 bits per heavy atom. The van der Waals surface area contributed by atoms with Gasteiger partial charge in [0.05, 0.1) is 0 Å². The first kappa shape index (κ1) is 14.9. The Morgan fingerprint density at radius 3 is 2.84 bits per heavy atom. The van der Waals surface area contributed by atoms with E-state index in [-0.39, 0.29) is 10.0 Å². The third kappa shape index (κ3) is 3.35. The summed E-state index contributed by atoms with van der Waals surface area (Å²) in [5.41, 5.74) is 0. The van der Waals surface area contributed by atoms with Crippen LogP contribution in [-0.4, -0.2) is 24.8 Å². The van der Waals surface area contributed by atoms with E-state index in [1.807, 2.05) is 11.4 Å². The summed E-state index contributed by atoms with van der Waals surface area (Å²) >= 11 is 10.7. The number of pyridine rings is 1. The standard InChI is InChI=1S/C11H10BrClN2O2S2/c1-15(6-9-5-8(12)7-18-9)19(16,17)10-3-2-4-14-11(10)13/h2-5,7H,6H2,1H3. The van der Waals surface area contributed by atoms with Crippen molar-refractivity contribution in [3.8, 4) is 0 Å². The molecule has 0 saturated heterocycles. The molecule has 0 fully saturated rings. The third-order valence-corrected chi connectivity index (χ3v) is 6.34. The molecule has 0 saturated carbocycles. The number of nitrogens with zero attached hydrogens (tertiary/aromatic N) is 2. The number of thiophene rings is 1. The molecule has 0 aromatic carbocycles. The molecule has 0 aliphatic carbocycles. The van der Waals surface area contributed by atoms with Gasteiger partial charge in [-0.2, -0.15) is 4.31 Å². The first-order valence-electron chi connectivity index (χ1n) is 5.21. The van der Waals surface area contributed by atoms with E-state index < -0.39 is 10.0 Å². The van der Waals surface area contributed by atoms with Crippen LogP contribution in [0.15, 0.2) is 39.1 Å². The molecular weight excluding hydrogens is 372 g/mol. The van der Waals surface area contributed by atoms with Crippen molar-refractivity contribution in [2.24, 2.45) is 0 Å². The fraction of sp³-hybridized carbons (Fsp3) is 0.182. The normalized spacial score (nSPS) is 12.0. The number of aromatic nitrogens is 1. The molecule has 0 aliphatic rings. The van der Waals surface area contributed by atoms with Gasteiger partial charge in [-0.1, -0.05) is 11.6 Å². The maximum atomic E-state index is 12.4. The molecule has 0 aliphatic heterocycles. The van der Waals surface area contributed by atoms with Gasteiger partial charge in [0, 0.05) is 34.5 Å². The topological polar surface area (TPSA) is 50.3 Å². The van der Waals surface area contributed by atoms with Crippen molar-refractivity contribution in [1.29, 1.82) is 0 Å². The number of halogens is 2. The Kier molecular flexibility index (Phi) is 4.62. The highest BCUT2D eigenvalue weighted by atomic mass is 79.9. The molecule has 2 aromatic heterocycles. The van der Waals surface area contributed by atoms with Crippen LogP contribution in [0.2, 0.25) is 5.15 Å². The Hall–Kier alpha value is -0.470. The zero-order valence-corrected chi connectivity index (χ0v) is 13.9. The fourth-order valence-corrected chi connectivity index (χ4v) is 4.63. The summed E-state index contributed by atoms with van der Waals surface area (Å²) in [6.45, 7) is 0.295. The minimum Gasteiger partial charge on any atom is -0.243 e. The average molecular weight is 382 g/mol. The van der Waals surface area contributed by atoms with Gasteiger partial charge in [-0.05, 0) is 34.1 Å². The first-order valence-corrected chi connectivity index (χ1v) is 8.70. The summed E-state index contributed by atoms with van der Waals surface area (Å²) in [4.78, 5) is 4.76. The molecule has 0 spiro atoms. The van der Waals surface area contributed by atoms with Crippen LogP contribution in [0.1, 0.15) is 4.88 Å². The van der Waals surface area contributed by atoms with E-state index >= 15 is 0 Å². The van der Waals surface area contributed by atoms with E-state index in [1.165, 1.54) is 35.0 Å². The van der Waals surface area contributed by atoms with Crippen molar-refractivity contribution < 1.29 is 8.42 Å². The van der Waals surface area contributed by atoms with E-state index in [4.69, 9.17) is 11.6 Å². The maximum Gasteiger partial charge on any atom is 0.246 e. The Bertz CT molecular complexity index is 688. The van der Waals surface area contributed by atoms with E-state index in [1.54, 1.807) is 6.07 Å². The second kappa shape index (κ2) is 5.88. The first-order chi connectivity index (χ1) is 8.91. The van der Waals surface area contributed by atoms with Crippen molar-refractivity contribution in [3.05, 3.63) is 44.3 Å². The lowest BCUT2D eigenvalue weighted by molar-refractivity contribution is 0.469. The molecule has 0 amide bonds. The molecule has 2 rings (SSSR count). The lowest BCUT2D eigenvalue weighted by Crippen LogP contribution is -2.26. The zero-order valence-electron chi connectivity index (χ0n) is 9.88. The predicted molar refractivity (Wildman–Crippen MR) is 79.9 cm³/mol. The Labute approximate surface area is 129 Å². The van der Waals surface area contributed by atoms with Gasteiger partial charge in [0.2, 0.25) is 10.0 Å². The molecule has 4 nitrogen and oxygen atoms in total. The number of hydrogen-bond donors (Lipinski definition) is 0. The number of hydrogen-bond acceptors (Lipinski definition) is 4. The monoisotopic (exact) mass is 380 g/mol. The number of sulfonamides is 1. The molecular formula is C11H10BrClN2O2S2. The van der Waals surface area contributed by atoms with Gasteiger partial charge in [0.1, 0.15) is 10.0 Å². The maximum absolute atomic E-state index is 12.4. The fourth-order valence-electron chi connectivity index (χ4n) is 1.47.